The molecule has 1 rings (SSSR count). The van der Waals surface area contributed by atoms with Gasteiger partial charge < -0.3 is 5.11 Å². The number of aliphatic hydroxyl groups is 1. The molecule has 1 N–H and O–H groups in total. The van der Waals surface area contributed by atoms with Crippen LogP contribution in [0.15, 0.2) is 24.3 Å². The highest BCUT2D eigenvalue weighted by atomic mass is 16.3. The Labute approximate surface area is 90.3 Å². The molecule has 0 heterocycles. The molecule has 15 heavy (non-hydrogen) atoms. The van der Waals surface area contributed by atoms with E-state index in [1.165, 1.54) is 11.8 Å². The van der Waals surface area contributed by atoms with Crippen molar-refractivity contribution < 1.29 is 9.90 Å². The van der Waals surface area contributed by atoms with Crippen LogP contribution in [0.5, 0.6) is 0 Å². The molecule has 0 aromatic heterocycles. The minimum Gasteiger partial charge on any atom is -0.376 e. The van der Waals surface area contributed by atoms with E-state index in [9.17, 15) is 4.79 Å². The van der Waals surface area contributed by atoms with Gasteiger partial charge in [-0.05, 0) is 17.5 Å². The summed E-state index contributed by atoms with van der Waals surface area (Å²) < 4.78 is 0. The second-order valence-electron chi connectivity index (χ2n) is 3.80. The van der Waals surface area contributed by atoms with Crippen LogP contribution in [0.3, 0.4) is 0 Å². The molecule has 3 nitrogen and oxygen atoms in total. The van der Waals surface area contributed by atoms with Crippen LogP contribution in [0.4, 0.5) is 5.69 Å². The number of benzene rings is 1. The van der Waals surface area contributed by atoms with Gasteiger partial charge in [0.15, 0.2) is 0 Å². The molecular weight excluding hydrogens is 190 g/mol. The minimum absolute atomic E-state index is 0.148. The van der Waals surface area contributed by atoms with Gasteiger partial charge in [0.1, 0.15) is 6.73 Å². The molecule has 1 amide bonds. The number of hydrogen-bond acceptors (Lipinski definition) is 2. The van der Waals surface area contributed by atoms with Gasteiger partial charge in [0, 0.05) is 12.6 Å². The summed E-state index contributed by atoms with van der Waals surface area (Å²) in [7, 11) is 0. The molecule has 3 heteroatoms. The maximum absolute atomic E-state index is 11.3. The zero-order valence-corrected chi connectivity index (χ0v) is 9.40. The van der Waals surface area contributed by atoms with Crippen molar-refractivity contribution in [3.8, 4) is 0 Å². The Morgan fingerprint density at radius 2 is 2.00 bits per heavy atom. The van der Waals surface area contributed by atoms with Gasteiger partial charge >= 0.3 is 0 Å². The molecule has 0 saturated heterocycles. The highest BCUT2D eigenvalue weighted by Crippen LogP contribution is 2.26. The van der Waals surface area contributed by atoms with Crippen LogP contribution in [0.2, 0.25) is 0 Å². The highest BCUT2D eigenvalue weighted by Gasteiger charge is 2.15. The number of nitrogens with zero attached hydrogens (tertiary/aromatic N) is 1. The molecule has 0 atom stereocenters. The number of hydrogen-bond donors (Lipinski definition) is 1. The summed E-state index contributed by atoms with van der Waals surface area (Å²) in [6.45, 7) is 5.30. The molecule has 0 aliphatic carbocycles. The maximum atomic E-state index is 11.3. The van der Waals surface area contributed by atoms with Gasteiger partial charge in [0.2, 0.25) is 5.91 Å². The Kier molecular flexibility index (Phi) is 3.86. The predicted octanol–water partition coefficient (Wildman–Crippen LogP) is 2.11. The molecule has 0 unspecified atom stereocenters. The van der Waals surface area contributed by atoms with Gasteiger partial charge in [-0.25, -0.2) is 0 Å². The average Bonchev–Trinajstić information content (AvgIpc) is 2.18. The fraction of sp³-hybridized carbons (Fsp3) is 0.417. The smallest absolute Gasteiger partial charge is 0.225 e. The summed E-state index contributed by atoms with van der Waals surface area (Å²) in [5.74, 6) is 0.181. The summed E-state index contributed by atoms with van der Waals surface area (Å²) in [5, 5.41) is 9.16. The summed E-state index contributed by atoms with van der Waals surface area (Å²) in [4.78, 5) is 12.7. The zero-order valence-electron chi connectivity index (χ0n) is 9.40. The predicted molar refractivity (Wildman–Crippen MR) is 60.8 cm³/mol. The van der Waals surface area contributed by atoms with E-state index in [-0.39, 0.29) is 12.6 Å². The summed E-state index contributed by atoms with van der Waals surface area (Å²) in [5.41, 5.74) is 1.87. The first kappa shape index (κ1) is 11.7. The van der Waals surface area contributed by atoms with Crippen molar-refractivity contribution in [1.29, 1.82) is 0 Å². The lowest BCUT2D eigenvalue weighted by molar-refractivity contribution is -0.117. The number of amides is 1. The van der Waals surface area contributed by atoms with E-state index in [0.29, 0.717) is 5.92 Å². The summed E-state index contributed by atoms with van der Waals surface area (Å²) >= 11 is 0. The monoisotopic (exact) mass is 207 g/mol. The number of carbonyl (C=O) groups is 1. The first-order valence-corrected chi connectivity index (χ1v) is 5.05. The molecule has 0 radical (unpaired) electrons. The van der Waals surface area contributed by atoms with E-state index in [4.69, 9.17) is 5.11 Å². The molecular formula is C12H17NO2. The van der Waals surface area contributed by atoms with Gasteiger partial charge in [-0.1, -0.05) is 32.0 Å². The number of para-hydroxylation sites is 1. The number of aliphatic hydroxyl groups excluding tert-OH is 1. The van der Waals surface area contributed by atoms with Crippen molar-refractivity contribution >= 4 is 11.6 Å². The standard InChI is InChI=1S/C12H17NO2/c1-9(2)11-6-4-5-7-12(11)13(8-14)10(3)15/h4-7,9,14H,8H2,1-3H3. The van der Waals surface area contributed by atoms with Crippen LogP contribution in [-0.2, 0) is 4.79 Å². The normalized spacial score (nSPS) is 10.5. The van der Waals surface area contributed by atoms with E-state index in [1.54, 1.807) is 0 Å². The van der Waals surface area contributed by atoms with Crippen molar-refractivity contribution in [2.24, 2.45) is 0 Å². The van der Waals surface area contributed by atoms with E-state index >= 15 is 0 Å². The molecule has 0 bridgehead atoms. The van der Waals surface area contributed by atoms with Crippen LogP contribution < -0.4 is 4.90 Å². The quantitative estimate of drug-likeness (QED) is 0.771. The van der Waals surface area contributed by atoms with Crippen LogP contribution in [-0.4, -0.2) is 17.7 Å². The van der Waals surface area contributed by atoms with Crippen LogP contribution in [0, 0.1) is 0 Å². The topological polar surface area (TPSA) is 40.5 Å². The Morgan fingerprint density at radius 3 is 2.47 bits per heavy atom. The number of rotatable bonds is 3. The molecule has 0 fully saturated rings. The lowest BCUT2D eigenvalue weighted by Gasteiger charge is -2.22. The minimum atomic E-state index is -0.279. The highest BCUT2D eigenvalue weighted by molar-refractivity contribution is 5.92. The third-order valence-electron chi connectivity index (χ3n) is 2.37. The fourth-order valence-electron chi connectivity index (χ4n) is 1.57. The van der Waals surface area contributed by atoms with Crippen molar-refractivity contribution in [2.45, 2.75) is 26.7 Å². The van der Waals surface area contributed by atoms with E-state index < -0.39 is 0 Å². The number of anilines is 1. The first-order chi connectivity index (χ1) is 7.07. The molecule has 0 saturated carbocycles. The Hall–Kier alpha value is -1.35. The second kappa shape index (κ2) is 4.94. The second-order valence-corrected chi connectivity index (χ2v) is 3.80. The van der Waals surface area contributed by atoms with Crippen molar-refractivity contribution in [1.82, 2.24) is 0 Å². The van der Waals surface area contributed by atoms with Crippen LogP contribution in [0.25, 0.3) is 0 Å². The van der Waals surface area contributed by atoms with E-state index in [1.807, 2.05) is 24.3 Å². The Morgan fingerprint density at radius 1 is 1.40 bits per heavy atom. The molecule has 1 aromatic rings. The van der Waals surface area contributed by atoms with E-state index in [0.717, 1.165) is 11.3 Å². The van der Waals surface area contributed by atoms with Crippen molar-refractivity contribution in [3.63, 3.8) is 0 Å². The molecule has 0 aliphatic heterocycles. The largest absolute Gasteiger partial charge is 0.376 e. The lowest BCUT2D eigenvalue weighted by atomic mass is 10.0. The maximum Gasteiger partial charge on any atom is 0.225 e. The van der Waals surface area contributed by atoms with Crippen molar-refractivity contribution in [2.75, 3.05) is 11.6 Å². The SMILES string of the molecule is CC(=O)N(CO)c1ccccc1C(C)C. The lowest BCUT2D eigenvalue weighted by Crippen LogP contribution is -2.30. The van der Waals surface area contributed by atoms with Gasteiger partial charge in [-0.15, -0.1) is 0 Å². The third kappa shape index (κ3) is 2.57. The van der Waals surface area contributed by atoms with Gasteiger partial charge in [-0.2, -0.15) is 0 Å². The van der Waals surface area contributed by atoms with Gasteiger partial charge in [-0.3, -0.25) is 9.69 Å². The Balaban J connectivity index is 3.16. The van der Waals surface area contributed by atoms with Gasteiger partial charge in [0.05, 0.1) is 0 Å². The summed E-state index contributed by atoms with van der Waals surface area (Å²) in [6, 6.07) is 7.64. The number of carbonyl (C=O) groups excluding carboxylic acids is 1. The zero-order chi connectivity index (χ0) is 11.4. The van der Waals surface area contributed by atoms with E-state index in [2.05, 4.69) is 13.8 Å². The third-order valence-corrected chi connectivity index (χ3v) is 2.37. The fourth-order valence-corrected chi connectivity index (χ4v) is 1.57. The Bertz CT molecular complexity index is 347. The van der Waals surface area contributed by atoms with Gasteiger partial charge in [0.25, 0.3) is 0 Å². The molecule has 1 aromatic carbocycles. The molecule has 0 spiro atoms. The molecule has 0 aliphatic rings. The summed E-state index contributed by atoms with van der Waals surface area (Å²) in [6.07, 6.45) is 0. The first-order valence-electron chi connectivity index (χ1n) is 5.05. The van der Waals surface area contributed by atoms with Crippen LogP contribution in [0.1, 0.15) is 32.3 Å². The molecule has 82 valence electrons. The average molecular weight is 207 g/mol. The van der Waals surface area contributed by atoms with Crippen LogP contribution >= 0.6 is 0 Å². The van der Waals surface area contributed by atoms with Crippen molar-refractivity contribution in [3.05, 3.63) is 29.8 Å².